The molecule has 0 atom stereocenters. The fraction of sp³-hybridized carbons (Fsp3) is 0.333. The molecule has 8 heteroatoms. The Bertz CT molecular complexity index is 981. The first-order chi connectivity index (χ1) is 14.1. The second-order valence-electron chi connectivity index (χ2n) is 7.00. The number of hydrogen-bond donors (Lipinski definition) is 0. The first-order valence-corrected chi connectivity index (χ1v) is 9.67. The van der Waals surface area contributed by atoms with Crippen molar-refractivity contribution in [1.82, 2.24) is 24.6 Å². The van der Waals surface area contributed by atoms with E-state index in [0.29, 0.717) is 32.0 Å². The summed E-state index contributed by atoms with van der Waals surface area (Å²) < 4.78 is 7.42. The summed E-state index contributed by atoms with van der Waals surface area (Å²) in [6.07, 6.45) is 3.58. The Labute approximate surface area is 169 Å². The summed E-state index contributed by atoms with van der Waals surface area (Å²) in [6, 6.07) is 11.5. The molecule has 0 N–H and O–H groups in total. The van der Waals surface area contributed by atoms with Crippen molar-refractivity contribution in [3.8, 4) is 11.6 Å². The number of carbonyl (C=O) groups excluding carboxylic acids is 1. The van der Waals surface area contributed by atoms with Gasteiger partial charge < -0.3 is 14.5 Å². The van der Waals surface area contributed by atoms with Crippen LogP contribution in [0.5, 0.6) is 5.75 Å². The number of ether oxygens (including phenoxy) is 1. The van der Waals surface area contributed by atoms with Gasteiger partial charge in [-0.2, -0.15) is 5.10 Å². The van der Waals surface area contributed by atoms with Crippen molar-refractivity contribution in [3.63, 3.8) is 0 Å². The molecule has 0 bridgehead atoms. The van der Waals surface area contributed by atoms with Gasteiger partial charge in [0.25, 0.3) is 5.91 Å². The minimum atomic E-state index is 0.00370. The van der Waals surface area contributed by atoms with Crippen molar-refractivity contribution in [1.29, 1.82) is 0 Å². The largest absolute Gasteiger partial charge is 0.484 e. The minimum Gasteiger partial charge on any atom is -0.484 e. The standard InChI is InChI=1S/C21H24N6O2/c1-16-6-3-4-7-18(16)29-15-21(28)26-12-10-25(11-13-26)19-14-20(24-17(2)23-19)27-9-5-8-22-27/h3-9,14H,10-13,15H2,1-2H3. The van der Waals surface area contributed by atoms with E-state index >= 15 is 0 Å². The molecule has 3 aromatic rings. The summed E-state index contributed by atoms with van der Waals surface area (Å²) >= 11 is 0. The SMILES string of the molecule is Cc1nc(N2CCN(C(=O)COc3ccccc3C)CC2)cc(-n2cccn2)n1. The number of aromatic nitrogens is 4. The van der Waals surface area contributed by atoms with Gasteiger partial charge in [-0.25, -0.2) is 14.6 Å². The van der Waals surface area contributed by atoms with Gasteiger partial charge >= 0.3 is 0 Å². The number of nitrogens with zero attached hydrogens (tertiary/aromatic N) is 6. The molecule has 3 heterocycles. The molecule has 1 aliphatic heterocycles. The van der Waals surface area contributed by atoms with Crippen LogP contribution in [0.4, 0.5) is 5.82 Å². The Kier molecular flexibility index (Phi) is 5.41. The number of aryl methyl sites for hydroxylation is 2. The van der Waals surface area contributed by atoms with Gasteiger partial charge in [-0.05, 0) is 31.5 Å². The number of piperazine rings is 1. The van der Waals surface area contributed by atoms with Crippen LogP contribution >= 0.6 is 0 Å². The van der Waals surface area contributed by atoms with Gasteiger partial charge in [0.2, 0.25) is 0 Å². The first kappa shape index (κ1) is 18.9. The lowest BCUT2D eigenvalue weighted by Gasteiger charge is -2.35. The normalized spacial score (nSPS) is 14.1. The number of carbonyl (C=O) groups is 1. The third-order valence-electron chi connectivity index (χ3n) is 4.95. The molecule has 1 aromatic carbocycles. The maximum absolute atomic E-state index is 12.5. The number of hydrogen-bond acceptors (Lipinski definition) is 6. The highest BCUT2D eigenvalue weighted by Crippen LogP contribution is 2.18. The van der Waals surface area contributed by atoms with Gasteiger partial charge in [0.1, 0.15) is 17.4 Å². The highest BCUT2D eigenvalue weighted by atomic mass is 16.5. The fourth-order valence-electron chi connectivity index (χ4n) is 3.35. The number of amides is 1. The Balaban J connectivity index is 1.36. The molecule has 150 valence electrons. The van der Waals surface area contributed by atoms with Gasteiger partial charge in [0.05, 0.1) is 0 Å². The molecule has 4 rings (SSSR count). The van der Waals surface area contributed by atoms with Crippen LogP contribution in [0.25, 0.3) is 5.82 Å². The predicted octanol–water partition coefficient (Wildman–Crippen LogP) is 2.01. The molecule has 0 saturated carbocycles. The summed E-state index contributed by atoms with van der Waals surface area (Å²) in [6.45, 7) is 6.60. The summed E-state index contributed by atoms with van der Waals surface area (Å²) in [5.74, 6) is 3.04. The minimum absolute atomic E-state index is 0.00370. The number of benzene rings is 1. The Morgan fingerprint density at radius 2 is 1.79 bits per heavy atom. The van der Waals surface area contributed by atoms with E-state index in [2.05, 4.69) is 20.0 Å². The highest BCUT2D eigenvalue weighted by Gasteiger charge is 2.23. The van der Waals surface area contributed by atoms with Gasteiger partial charge in [-0.15, -0.1) is 0 Å². The zero-order valence-corrected chi connectivity index (χ0v) is 16.7. The smallest absolute Gasteiger partial charge is 0.260 e. The summed E-state index contributed by atoms with van der Waals surface area (Å²) in [5.41, 5.74) is 1.03. The van der Waals surface area contributed by atoms with Crippen molar-refractivity contribution in [2.24, 2.45) is 0 Å². The van der Waals surface area contributed by atoms with Crippen LogP contribution in [0, 0.1) is 13.8 Å². The molecule has 1 fully saturated rings. The molecule has 8 nitrogen and oxygen atoms in total. The average Bonchev–Trinajstić information content (AvgIpc) is 3.28. The number of anilines is 1. The lowest BCUT2D eigenvalue weighted by atomic mass is 10.2. The molecule has 1 amide bonds. The van der Waals surface area contributed by atoms with E-state index in [1.165, 1.54) is 0 Å². The maximum Gasteiger partial charge on any atom is 0.260 e. The second-order valence-corrected chi connectivity index (χ2v) is 7.00. The van der Waals surface area contributed by atoms with Crippen LogP contribution in [-0.4, -0.2) is 63.3 Å². The van der Waals surface area contributed by atoms with Crippen LogP contribution in [0.2, 0.25) is 0 Å². The zero-order chi connectivity index (χ0) is 20.2. The van der Waals surface area contributed by atoms with Gasteiger partial charge in [0.15, 0.2) is 12.4 Å². The average molecular weight is 392 g/mol. The Hall–Kier alpha value is -3.42. The topological polar surface area (TPSA) is 76.4 Å². The molecule has 1 aliphatic rings. The molecular weight excluding hydrogens is 368 g/mol. The van der Waals surface area contributed by atoms with Gasteiger partial charge in [0, 0.05) is 44.6 Å². The lowest BCUT2D eigenvalue weighted by molar-refractivity contribution is -0.133. The molecular formula is C21H24N6O2. The van der Waals surface area contributed by atoms with E-state index in [1.54, 1.807) is 10.9 Å². The van der Waals surface area contributed by atoms with E-state index in [4.69, 9.17) is 4.74 Å². The van der Waals surface area contributed by atoms with Crippen LogP contribution in [0.3, 0.4) is 0 Å². The van der Waals surface area contributed by atoms with Crippen molar-refractivity contribution < 1.29 is 9.53 Å². The number of rotatable bonds is 5. The van der Waals surface area contributed by atoms with Gasteiger partial charge in [-0.1, -0.05) is 18.2 Å². The number of para-hydroxylation sites is 1. The zero-order valence-electron chi connectivity index (χ0n) is 16.7. The molecule has 0 aliphatic carbocycles. The molecule has 0 unspecified atom stereocenters. The van der Waals surface area contributed by atoms with Crippen molar-refractivity contribution in [2.75, 3.05) is 37.7 Å². The van der Waals surface area contributed by atoms with Crippen LogP contribution < -0.4 is 9.64 Å². The van der Waals surface area contributed by atoms with Crippen molar-refractivity contribution in [2.45, 2.75) is 13.8 Å². The van der Waals surface area contributed by atoms with Crippen LogP contribution in [-0.2, 0) is 4.79 Å². The Morgan fingerprint density at radius 1 is 1.03 bits per heavy atom. The highest BCUT2D eigenvalue weighted by molar-refractivity contribution is 5.78. The predicted molar refractivity (Wildman–Crippen MR) is 109 cm³/mol. The van der Waals surface area contributed by atoms with E-state index in [0.717, 1.165) is 22.9 Å². The Morgan fingerprint density at radius 3 is 2.52 bits per heavy atom. The quantitative estimate of drug-likeness (QED) is 0.661. The fourth-order valence-corrected chi connectivity index (χ4v) is 3.35. The third kappa shape index (κ3) is 4.37. The molecule has 1 saturated heterocycles. The van der Waals surface area contributed by atoms with E-state index < -0.39 is 0 Å². The summed E-state index contributed by atoms with van der Waals surface area (Å²) in [5, 5.41) is 4.24. The van der Waals surface area contributed by atoms with Crippen molar-refractivity contribution >= 4 is 11.7 Å². The molecule has 0 radical (unpaired) electrons. The van der Waals surface area contributed by atoms with E-state index in [9.17, 15) is 4.79 Å². The van der Waals surface area contributed by atoms with E-state index in [1.807, 2.05) is 61.3 Å². The maximum atomic E-state index is 12.5. The van der Waals surface area contributed by atoms with Crippen molar-refractivity contribution in [3.05, 3.63) is 60.2 Å². The second kappa shape index (κ2) is 8.30. The molecule has 2 aromatic heterocycles. The van der Waals surface area contributed by atoms with Crippen LogP contribution in [0.15, 0.2) is 48.8 Å². The van der Waals surface area contributed by atoms with E-state index in [-0.39, 0.29) is 12.5 Å². The molecule has 0 spiro atoms. The monoisotopic (exact) mass is 392 g/mol. The molecule has 29 heavy (non-hydrogen) atoms. The summed E-state index contributed by atoms with van der Waals surface area (Å²) in [4.78, 5) is 25.6. The summed E-state index contributed by atoms with van der Waals surface area (Å²) in [7, 11) is 0. The van der Waals surface area contributed by atoms with Crippen LogP contribution in [0.1, 0.15) is 11.4 Å². The lowest BCUT2D eigenvalue weighted by Crippen LogP contribution is -2.50. The van der Waals surface area contributed by atoms with Gasteiger partial charge in [-0.3, -0.25) is 4.79 Å². The third-order valence-corrected chi connectivity index (χ3v) is 4.95. The first-order valence-electron chi connectivity index (χ1n) is 9.67.